The highest BCUT2D eigenvalue weighted by Crippen LogP contribution is 2.06. The zero-order valence-corrected chi connectivity index (χ0v) is 7.72. The van der Waals surface area contributed by atoms with Crippen LogP contribution in [0.5, 0.6) is 0 Å². The van der Waals surface area contributed by atoms with Gasteiger partial charge in [-0.05, 0) is 0 Å². The predicted molar refractivity (Wildman–Crippen MR) is 49.8 cm³/mol. The fourth-order valence-corrected chi connectivity index (χ4v) is 1.19. The highest BCUT2D eigenvalue weighted by Gasteiger charge is 1.98. The van der Waals surface area contributed by atoms with E-state index in [-0.39, 0.29) is 12.4 Å². The number of fused-ring (bicyclic) bond motifs is 1. The molecule has 2 heterocycles. The minimum atomic E-state index is 0. The van der Waals surface area contributed by atoms with Crippen molar-refractivity contribution >= 4 is 29.7 Å². The van der Waals surface area contributed by atoms with Gasteiger partial charge in [-0.25, -0.2) is 4.98 Å². The quantitative estimate of drug-likeness (QED) is 0.664. The molecular weight excluding hydrogens is 197 g/mol. The van der Waals surface area contributed by atoms with Crippen LogP contribution in [0.15, 0.2) is 24.8 Å². The maximum atomic E-state index is 5.67. The molecule has 5 heteroatoms. The Morgan fingerprint density at radius 2 is 2.25 bits per heavy atom. The Bertz CT molecular complexity index is 371. The van der Waals surface area contributed by atoms with E-state index in [0.717, 1.165) is 11.3 Å². The summed E-state index contributed by atoms with van der Waals surface area (Å²) in [6.45, 7) is 0. The first-order chi connectivity index (χ1) is 5.42. The zero-order valence-electron chi connectivity index (χ0n) is 6.14. The van der Waals surface area contributed by atoms with E-state index in [9.17, 15) is 0 Å². The third-order valence-corrected chi connectivity index (χ3v) is 1.80. The van der Waals surface area contributed by atoms with Gasteiger partial charge in [-0.1, -0.05) is 0 Å². The molecule has 0 saturated carbocycles. The van der Waals surface area contributed by atoms with Crippen LogP contribution in [0.2, 0.25) is 0 Å². The van der Waals surface area contributed by atoms with E-state index >= 15 is 0 Å². The van der Waals surface area contributed by atoms with Crippen LogP contribution in [-0.4, -0.2) is 14.4 Å². The first-order valence-corrected chi connectivity index (χ1v) is 3.77. The van der Waals surface area contributed by atoms with E-state index in [4.69, 9.17) is 11.6 Å². The molecule has 0 aliphatic rings. The van der Waals surface area contributed by atoms with Gasteiger partial charge in [0, 0.05) is 12.4 Å². The lowest BCUT2D eigenvalue weighted by molar-refractivity contribution is 1.06. The second kappa shape index (κ2) is 3.74. The Morgan fingerprint density at radius 3 is 3.00 bits per heavy atom. The molecule has 0 fully saturated rings. The van der Waals surface area contributed by atoms with E-state index in [1.54, 1.807) is 18.6 Å². The summed E-state index contributed by atoms with van der Waals surface area (Å²) in [7, 11) is 0. The minimum Gasteiger partial charge on any atom is -0.300 e. The number of alkyl halides is 1. The lowest BCUT2D eigenvalue weighted by atomic mass is 10.5. The number of hydrogen-bond acceptors (Lipinski definition) is 2. The van der Waals surface area contributed by atoms with Gasteiger partial charge in [0.2, 0.25) is 0 Å². The highest BCUT2D eigenvalue weighted by atomic mass is 35.5. The van der Waals surface area contributed by atoms with Crippen LogP contribution in [0.1, 0.15) is 5.69 Å². The van der Waals surface area contributed by atoms with Gasteiger partial charge in [0.15, 0.2) is 5.65 Å². The molecule has 0 bridgehead atoms. The van der Waals surface area contributed by atoms with Gasteiger partial charge >= 0.3 is 0 Å². The van der Waals surface area contributed by atoms with Crippen molar-refractivity contribution in [2.75, 3.05) is 0 Å². The Kier molecular flexibility index (Phi) is 2.89. The third-order valence-electron chi connectivity index (χ3n) is 1.53. The van der Waals surface area contributed by atoms with Gasteiger partial charge in [0.25, 0.3) is 0 Å². The molecule has 2 aromatic rings. The van der Waals surface area contributed by atoms with Gasteiger partial charge in [-0.3, -0.25) is 4.98 Å². The summed E-state index contributed by atoms with van der Waals surface area (Å²) < 4.78 is 1.92. The average molecular weight is 204 g/mol. The number of halogens is 2. The topological polar surface area (TPSA) is 30.2 Å². The van der Waals surface area contributed by atoms with Crippen molar-refractivity contribution in [3.05, 3.63) is 30.5 Å². The van der Waals surface area contributed by atoms with Crippen LogP contribution in [0.25, 0.3) is 5.65 Å². The van der Waals surface area contributed by atoms with Crippen molar-refractivity contribution < 1.29 is 0 Å². The molecule has 0 aliphatic heterocycles. The van der Waals surface area contributed by atoms with Crippen molar-refractivity contribution in [1.82, 2.24) is 14.4 Å². The fourth-order valence-electron chi connectivity index (χ4n) is 0.994. The number of imidazole rings is 1. The summed E-state index contributed by atoms with van der Waals surface area (Å²) in [6, 6.07) is 0. The van der Waals surface area contributed by atoms with E-state index in [1.807, 2.05) is 10.6 Å². The van der Waals surface area contributed by atoms with Gasteiger partial charge in [0.05, 0.1) is 24.0 Å². The summed E-state index contributed by atoms with van der Waals surface area (Å²) in [4.78, 5) is 8.04. The second-order valence-corrected chi connectivity index (χ2v) is 2.45. The fraction of sp³-hybridized carbons (Fsp3) is 0.143. The molecule has 2 aromatic heterocycles. The van der Waals surface area contributed by atoms with Gasteiger partial charge in [0.1, 0.15) is 0 Å². The first-order valence-electron chi connectivity index (χ1n) is 3.24. The van der Waals surface area contributed by atoms with Crippen molar-refractivity contribution in [3.8, 4) is 0 Å². The Labute approximate surface area is 80.8 Å². The van der Waals surface area contributed by atoms with E-state index in [0.29, 0.717) is 5.88 Å². The van der Waals surface area contributed by atoms with Crippen molar-refractivity contribution in [3.63, 3.8) is 0 Å². The SMILES string of the molecule is Cl.ClCc1cnc2cnccn12. The van der Waals surface area contributed by atoms with Crippen LogP contribution in [-0.2, 0) is 5.88 Å². The molecule has 3 nitrogen and oxygen atoms in total. The van der Waals surface area contributed by atoms with E-state index in [1.165, 1.54) is 0 Å². The summed E-state index contributed by atoms with van der Waals surface area (Å²) >= 11 is 5.67. The molecule has 64 valence electrons. The molecule has 0 spiro atoms. The van der Waals surface area contributed by atoms with Gasteiger partial charge < -0.3 is 4.40 Å². The number of rotatable bonds is 1. The van der Waals surface area contributed by atoms with Crippen LogP contribution >= 0.6 is 24.0 Å². The molecule has 0 atom stereocenters. The number of hydrogen-bond donors (Lipinski definition) is 0. The lowest BCUT2D eigenvalue weighted by Crippen LogP contribution is -1.88. The molecule has 0 unspecified atom stereocenters. The second-order valence-electron chi connectivity index (χ2n) is 2.19. The maximum Gasteiger partial charge on any atom is 0.155 e. The number of aromatic nitrogens is 3. The summed E-state index contributed by atoms with van der Waals surface area (Å²) in [5.41, 5.74) is 1.83. The van der Waals surface area contributed by atoms with Gasteiger partial charge in [-0.15, -0.1) is 24.0 Å². The monoisotopic (exact) mass is 203 g/mol. The standard InChI is InChI=1S/C7H6ClN3.ClH/c8-3-6-4-10-7-5-9-1-2-11(6)7;/h1-2,4-5H,3H2;1H. The molecule has 2 rings (SSSR count). The van der Waals surface area contributed by atoms with Crippen molar-refractivity contribution in [2.24, 2.45) is 0 Å². The smallest absolute Gasteiger partial charge is 0.155 e. The molecule has 0 N–H and O–H groups in total. The first kappa shape index (κ1) is 9.29. The Balaban J connectivity index is 0.000000720. The molecule has 0 saturated heterocycles. The van der Waals surface area contributed by atoms with E-state index in [2.05, 4.69) is 9.97 Å². The van der Waals surface area contributed by atoms with Crippen LogP contribution in [0.3, 0.4) is 0 Å². The molecule has 0 radical (unpaired) electrons. The van der Waals surface area contributed by atoms with Crippen molar-refractivity contribution in [2.45, 2.75) is 5.88 Å². The molecule has 0 aromatic carbocycles. The van der Waals surface area contributed by atoms with Gasteiger partial charge in [-0.2, -0.15) is 0 Å². The Hall–Kier alpha value is -0.800. The zero-order chi connectivity index (χ0) is 7.68. The van der Waals surface area contributed by atoms with Crippen LogP contribution < -0.4 is 0 Å². The summed E-state index contributed by atoms with van der Waals surface area (Å²) in [5.74, 6) is 0.477. The lowest BCUT2D eigenvalue weighted by Gasteiger charge is -1.93. The summed E-state index contributed by atoms with van der Waals surface area (Å²) in [5, 5.41) is 0. The maximum absolute atomic E-state index is 5.67. The molecule has 0 aliphatic carbocycles. The third kappa shape index (κ3) is 1.38. The minimum absolute atomic E-state index is 0. The van der Waals surface area contributed by atoms with Crippen molar-refractivity contribution in [1.29, 1.82) is 0 Å². The van der Waals surface area contributed by atoms with Crippen LogP contribution in [0, 0.1) is 0 Å². The normalized spacial score (nSPS) is 9.75. The van der Waals surface area contributed by atoms with E-state index < -0.39 is 0 Å². The largest absolute Gasteiger partial charge is 0.300 e. The van der Waals surface area contributed by atoms with Crippen LogP contribution in [0.4, 0.5) is 0 Å². The summed E-state index contributed by atoms with van der Waals surface area (Å²) in [6.07, 6.45) is 7.02. The predicted octanol–water partition coefficient (Wildman–Crippen LogP) is 1.89. The highest BCUT2D eigenvalue weighted by molar-refractivity contribution is 6.16. The molecule has 0 amide bonds. The molecular formula is C7H7Cl2N3. The Morgan fingerprint density at radius 1 is 1.42 bits per heavy atom. The molecule has 12 heavy (non-hydrogen) atoms. The number of nitrogens with zero attached hydrogens (tertiary/aromatic N) is 3. The average Bonchev–Trinajstić information content (AvgIpc) is 2.47.